The SMILES string of the molecule is Cc1ccc(NC(=O)N2CCC3(CC2)NC(=O)c2ccccc2O3)c(C)c1. The highest BCUT2D eigenvalue weighted by Gasteiger charge is 2.43. The van der Waals surface area contributed by atoms with Crippen molar-refractivity contribution in [2.75, 3.05) is 18.4 Å². The molecule has 2 aliphatic rings. The number of piperidine rings is 1. The molecule has 3 amide bonds. The van der Waals surface area contributed by atoms with Crippen molar-refractivity contribution >= 4 is 17.6 Å². The molecule has 6 heteroatoms. The highest BCUT2D eigenvalue weighted by molar-refractivity contribution is 5.98. The van der Waals surface area contributed by atoms with E-state index < -0.39 is 5.72 Å². The summed E-state index contributed by atoms with van der Waals surface area (Å²) < 4.78 is 6.12. The Balaban J connectivity index is 1.42. The van der Waals surface area contributed by atoms with Crippen molar-refractivity contribution in [3.05, 3.63) is 59.2 Å². The third kappa shape index (κ3) is 3.35. The summed E-state index contributed by atoms with van der Waals surface area (Å²) in [5.41, 5.74) is 2.84. The summed E-state index contributed by atoms with van der Waals surface area (Å²) in [6, 6.07) is 13.1. The minimum atomic E-state index is -0.734. The summed E-state index contributed by atoms with van der Waals surface area (Å²) in [6.07, 6.45) is 1.10. The predicted molar refractivity (Wildman–Crippen MR) is 103 cm³/mol. The van der Waals surface area contributed by atoms with Crippen LogP contribution in [0.5, 0.6) is 5.75 Å². The number of ether oxygens (including phenoxy) is 1. The largest absolute Gasteiger partial charge is 0.467 e. The molecule has 2 aliphatic heterocycles. The van der Waals surface area contributed by atoms with Crippen LogP contribution in [0.4, 0.5) is 10.5 Å². The van der Waals surface area contributed by atoms with Crippen LogP contribution in [0.25, 0.3) is 0 Å². The third-order valence-corrected chi connectivity index (χ3v) is 5.26. The number of likely N-dealkylation sites (tertiary alicyclic amines) is 1. The lowest BCUT2D eigenvalue weighted by Crippen LogP contribution is -2.61. The van der Waals surface area contributed by atoms with Crippen LogP contribution < -0.4 is 15.4 Å². The molecular weight excluding hydrogens is 342 g/mol. The second kappa shape index (κ2) is 6.61. The molecule has 0 aromatic heterocycles. The van der Waals surface area contributed by atoms with Crippen molar-refractivity contribution in [3.63, 3.8) is 0 Å². The fraction of sp³-hybridized carbons (Fsp3) is 0.333. The van der Waals surface area contributed by atoms with Gasteiger partial charge in [-0.25, -0.2) is 4.79 Å². The molecule has 0 unspecified atom stereocenters. The van der Waals surface area contributed by atoms with Gasteiger partial charge in [-0.2, -0.15) is 0 Å². The monoisotopic (exact) mass is 365 g/mol. The molecule has 2 aromatic carbocycles. The molecule has 2 N–H and O–H groups in total. The summed E-state index contributed by atoms with van der Waals surface area (Å²) in [7, 11) is 0. The average Bonchev–Trinajstić information content (AvgIpc) is 2.64. The van der Waals surface area contributed by atoms with Crippen molar-refractivity contribution in [1.82, 2.24) is 10.2 Å². The minimum Gasteiger partial charge on any atom is -0.467 e. The topological polar surface area (TPSA) is 70.7 Å². The molecule has 4 rings (SSSR count). The number of hydrogen-bond acceptors (Lipinski definition) is 3. The van der Waals surface area contributed by atoms with E-state index in [1.54, 1.807) is 11.0 Å². The van der Waals surface area contributed by atoms with Crippen LogP contribution in [0, 0.1) is 13.8 Å². The Kier molecular flexibility index (Phi) is 4.26. The van der Waals surface area contributed by atoms with E-state index in [0.717, 1.165) is 16.8 Å². The highest BCUT2D eigenvalue weighted by atomic mass is 16.5. The fourth-order valence-corrected chi connectivity index (χ4v) is 3.70. The lowest BCUT2D eigenvalue weighted by molar-refractivity contribution is -0.0203. The normalized spacial score (nSPS) is 17.7. The van der Waals surface area contributed by atoms with Gasteiger partial charge in [0.1, 0.15) is 5.75 Å². The number of amides is 3. The minimum absolute atomic E-state index is 0.120. The summed E-state index contributed by atoms with van der Waals surface area (Å²) in [5.74, 6) is 0.486. The Hall–Kier alpha value is -3.02. The van der Waals surface area contributed by atoms with Crippen LogP contribution in [0.1, 0.15) is 34.3 Å². The number of carbonyl (C=O) groups excluding carboxylic acids is 2. The van der Waals surface area contributed by atoms with Crippen molar-refractivity contribution < 1.29 is 14.3 Å². The predicted octanol–water partition coefficient (Wildman–Crippen LogP) is 3.45. The van der Waals surface area contributed by atoms with E-state index in [9.17, 15) is 9.59 Å². The Morgan fingerprint density at radius 1 is 1.15 bits per heavy atom. The molecule has 2 heterocycles. The molecule has 140 valence electrons. The molecule has 1 fully saturated rings. The number of para-hydroxylation sites is 1. The molecule has 0 saturated carbocycles. The zero-order chi connectivity index (χ0) is 19.0. The van der Waals surface area contributed by atoms with E-state index in [-0.39, 0.29) is 11.9 Å². The number of carbonyl (C=O) groups is 2. The van der Waals surface area contributed by atoms with Gasteiger partial charge in [0, 0.05) is 31.6 Å². The zero-order valence-corrected chi connectivity index (χ0v) is 15.5. The van der Waals surface area contributed by atoms with Crippen molar-refractivity contribution in [1.29, 1.82) is 0 Å². The summed E-state index contributed by atoms with van der Waals surface area (Å²) in [4.78, 5) is 26.8. The average molecular weight is 365 g/mol. The standard InChI is InChI=1S/C21H23N3O3/c1-14-7-8-17(15(2)13-14)22-20(26)24-11-9-21(10-12-24)23-19(25)16-5-3-4-6-18(16)27-21/h3-8,13H,9-12H2,1-2H3,(H,22,26)(H,23,25). The summed E-state index contributed by atoms with van der Waals surface area (Å²) in [6.45, 7) is 5.04. The number of urea groups is 1. The van der Waals surface area contributed by atoms with Crippen molar-refractivity contribution in [2.45, 2.75) is 32.4 Å². The van der Waals surface area contributed by atoms with E-state index >= 15 is 0 Å². The van der Waals surface area contributed by atoms with Gasteiger partial charge in [0.15, 0.2) is 5.72 Å². The molecule has 0 bridgehead atoms. The van der Waals surface area contributed by atoms with Crippen LogP contribution >= 0.6 is 0 Å². The Labute approximate surface area is 158 Å². The van der Waals surface area contributed by atoms with Gasteiger partial charge in [0.05, 0.1) is 5.56 Å². The van der Waals surface area contributed by atoms with Gasteiger partial charge in [-0.3, -0.25) is 4.79 Å². The number of nitrogens with zero attached hydrogens (tertiary/aromatic N) is 1. The first-order valence-corrected chi connectivity index (χ1v) is 9.20. The van der Waals surface area contributed by atoms with Crippen LogP contribution in [0.3, 0.4) is 0 Å². The number of aryl methyl sites for hydroxylation is 2. The number of fused-ring (bicyclic) bond motifs is 1. The fourth-order valence-electron chi connectivity index (χ4n) is 3.70. The van der Waals surface area contributed by atoms with Gasteiger partial charge in [0.2, 0.25) is 0 Å². The maximum Gasteiger partial charge on any atom is 0.321 e. The second-order valence-electron chi connectivity index (χ2n) is 7.28. The second-order valence-corrected chi connectivity index (χ2v) is 7.28. The lowest BCUT2D eigenvalue weighted by atomic mass is 9.97. The Morgan fingerprint density at radius 2 is 1.89 bits per heavy atom. The number of hydrogen-bond donors (Lipinski definition) is 2. The van der Waals surface area contributed by atoms with Gasteiger partial charge < -0.3 is 20.3 Å². The van der Waals surface area contributed by atoms with E-state index in [1.807, 2.05) is 50.2 Å². The molecule has 0 aliphatic carbocycles. The van der Waals surface area contributed by atoms with E-state index in [0.29, 0.717) is 37.2 Å². The van der Waals surface area contributed by atoms with E-state index in [2.05, 4.69) is 10.6 Å². The van der Waals surface area contributed by atoms with Crippen LogP contribution in [0.15, 0.2) is 42.5 Å². The van der Waals surface area contributed by atoms with Crippen molar-refractivity contribution in [2.24, 2.45) is 0 Å². The first-order valence-electron chi connectivity index (χ1n) is 9.20. The number of anilines is 1. The van der Waals surface area contributed by atoms with Crippen LogP contribution in [-0.4, -0.2) is 35.7 Å². The highest BCUT2D eigenvalue weighted by Crippen LogP contribution is 2.33. The summed E-state index contributed by atoms with van der Waals surface area (Å²) >= 11 is 0. The van der Waals surface area contributed by atoms with Crippen LogP contribution in [-0.2, 0) is 0 Å². The molecule has 6 nitrogen and oxygen atoms in total. The van der Waals surface area contributed by atoms with Gasteiger partial charge in [-0.05, 0) is 37.6 Å². The van der Waals surface area contributed by atoms with Crippen LogP contribution in [0.2, 0.25) is 0 Å². The molecule has 0 atom stereocenters. The maximum absolute atomic E-state index is 12.6. The van der Waals surface area contributed by atoms with Gasteiger partial charge in [-0.15, -0.1) is 0 Å². The number of benzene rings is 2. The van der Waals surface area contributed by atoms with Gasteiger partial charge in [-0.1, -0.05) is 29.8 Å². The molecule has 1 saturated heterocycles. The molecule has 1 spiro atoms. The number of rotatable bonds is 1. The molecule has 27 heavy (non-hydrogen) atoms. The third-order valence-electron chi connectivity index (χ3n) is 5.26. The maximum atomic E-state index is 12.6. The van der Waals surface area contributed by atoms with E-state index in [4.69, 9.17) is 4.74 Å². The smallest absolute Gasteiger partial charge is 0.321 e. The van der Waals surface area contributed by atoms with Gasteiger partial charge in [0.25, 0.3) is 5.91 Å². The molecule has 2 aromatic rings. The number of nitrogens with one attached hydrogen (secondary N) is 2. The van der Waals surface area contributed by atoms with Gasteiger partial charge >= 0.3 is 6.03 Å². The summed E-state index contributed by atoms with van der Waals surface area (Å²) in [5, 5.41) is 5.97. The zero-order valence-electron chi connectivity index (χ0n) is 15.5. The Morgan fingerprint density at radius 3 is 2.63 bits per heavy atom. The first-order chi connectivity index (χ1) is 13.0. The molecule has 0 radical (unpaired) electrons. The quantitative estimate of drug-likeness (QED) is 0.813. The first kappa shape index (κ1) is 17.4. The van der Waals surface area contributed by atoms with Crippen molar-refractivity contribution in [3.8, 4) is 5.75 Å². The molecular formula is C21H23N3O3. The Bertz CT molecular complexity index is 901. The van der Waals surface area contributed by atoms with E-state index in [1.165, 1.54) is 0 Å². The lowest BCUT2D eigenvalue weighted by Gasteiger charge is -2.44.